The van der Waals surface area contributed by atoms with Crippen LogP contribution in [0.2, 0.25) is 5.02 Å². The molecule has 112 valence electrons. The van der Waals surface area contributed by atoms with Gasteiger partial charge in [0.05, 0.1) is 18.6 Å². The van der Waals surface area contributed by atoms with E-state index in [-0.39, 0.29) is 0 Å². The number of carboxylic acid groups (broad SMARTS) is 1. The van der Waals surface area contributed by atoms with E-state index in [9.17, 15) is 4.79 Å². The van der Waals surface area contributed by atoms with Crippen molar-refractivity contribution in [1.29, 1.82) is 0 Å². The van der Waals surface area contributed by atoms with E-state index in [0.29, 0.717) is 35.1 Å². The van der Waals surface area contributed by atoms with E-state index < -0.39 is 11.9 Å². The Hall–Kier alpha value is -2.15. The van der Waals surface area contributed by atoms with Crippen LogP contribution in [0.3, 0.4) is 0 Å². The molecule has 1 atom stereocenters. The summed E-state index contributed by atoms with van der Waals surface area (Å²) < 4.78 is 6.84. The second-order valence-corrected chi connectivity index (χ2v) is 5.03. The lowest BCUT2D eigenvalue weighted by Crippen LogP contribution is -2.14. The molecule has 1 heterocycles. The molecule has 8 heteroatoms. The Balaban J connectivity index is 2.26. The van der Waals surface area contributed by atoms with Crippen LogP contribution in [-0.4, -0.2) is 38.4 Å². The zero-order chi connectivity index (χ0) is 15.4. The Labute approximate surface area is 126 Å². The zero-order valence-corrected chi connectivity index (χ0v) is 12.4. The molecule has 0 radical (unpaired) electrons. The summed E-state index contributed by atoms with van der Waals surface area (Å²) in [6, 6.07) is 5.16. The second-order valence-electron chi connectivity index (χ2n) is 4.60. The summed E-state index contributed by atoms with van der Waals surface area (Å²) in [5, 5.41) is 21.0. The van der Waals surface area contributed by atoms with Gasteiger partial charge in [0.15, 0.2) is 5.82 Å². The van der Waals surface area contributed by atoms with Crippen molar-refractivity contribution in [1.82, 2.24) is 20.2 Å². The van der Waals surface area contributed by atoms with Crippen LogP contribution in [0.5, 0.6) is 5.75 Å². The number of halogens is 1. The number of aryl methyl sites for hydroxylation is 1. The van der Waals surface area contributed by atoms with Crippen LogP contribution in [0.1, 0.15) is 13.3 Å². The van der Waals surface area contributed by atoms with Crippen molar-refractivity contribution in [2.75, 3.05) is 7.11 Å². The fraction of sp³-hybridized carbons (Fsp3) is 0.385. The van der Waals surface area contributed by atoms with E-state index in [1.165, 1.54) is 7.11 Å². The average molecular weight is 311 g/mol. The third kappa shape index (κ3) is 3.49. The van der Waals surface area contributed by atoms with Crippen molar-refractivity contribution < 1.29 is 14.6 Å². The summed E-state index contributed by atoms with van der Waals surface area (Å²) in [7, 11) is 1.54. The quantitative estimate of drug-likeness (QED) is 0.879. The lowest BCUT2D eigenvalue weighted by molar-refractivity contribution is -0.141. The molecule has 0 aliphatic heterocycles. The third-order valence-electron chi connectivity index (χ3n) is 3.13. The molecule has 0 bridgehead atoms. The normalized spacial score (nSPS) is 12.1. The number of hydrogen-bond donors (Lipinski definition) is 1. The van der Waals surface area contributed by atoms with Crippen LogP contribution in [0.25, 0.3) is 11.4 Å². The summed E-state index contributed by atoms with van der Waals surface area (Å²) in [6.07, 6.45) is 0.434. The molecular formula is C13H15ClN4O3. The molecule has 1 aromatic heterocycles. The minimum atomic E-state index is -0.839. The van der Waals surface area contributed by atoms with Crippen molar-refractivity contribution in [3.8, 4) is 17.1 Å². The van der Waals surface area contributed by atoms with Crippen molar-refractivity contribution in [2.24, 2.45) is 5.92 Å². The fourth-order valence-electron chi connectivity index (χ4n) is 1.84. The number of ether oxygens (including phenoxy) is 1. The van der Waals surface area contributed by atoms with E-state index in [1.54, 1.807) is 29.8 Å². The number of nitrogens with zero attached hydrogens (tertiary/aromatic N) is 4. The molecular weight excluding hydrogens is 296 g/mol. The summed E-state index contributed by atoms with van der Waals surface area (Å²) in [5.41, 5.74) is 0.704. The lowest BCUT2D eigenvalue weighted by atomic mass is 10.1. The van der Waals surface area contributed by atoms with E-state index >= 15 is 0 Å². The first kappa shape index (κ1) is 15.2. The number of carboxylic acids is 1. The van der Waals surface area contributed by atoms with Gasteiger partial charge >= 0.3 is 5.97 Å². The van der Waals surface area contributed by atoms with Crippen LogP contribution in [0, 0.1) is 5.92 Å². The second kappa shape index (κ2) is 6.53. The van der Waals surface area contributed by atoms with Gasteiger partial charge in [0.1, 0.15) is 5.75 Å². The van der Waals surface area contributed by atoms with Crippen LogP contribution < -0.4 is 4.74 Å². The van der Waals surface area contributed by atoms with Crippen molar-refractivity contribution in [2.45, 2.75) is 19.9 Å². The maximum Gasteiger partial charge on any atom is 0.306 e. The van der Waals surface area contributed by atoms with E-state index in [2.05, 4.69) is 15.5 Å². The predicted octanol–water partition coefficient (Wildman–Crippen LogP) is 2.11. The minimum Gasteiger partial charge on any atom is -0.496 e. The van der Waals surface area contributed by atoms with Gasteiger partial charge in [-0.3, -0.25) is 4.79 Å². The Bertz CT molecular complexity index is 644. The predicted molar refractivity (Wildman–Crippen MR) is 76.2 cm³/mol. The van der Waals surface area contributed by atoms with Gasteiger partial charge in [0, 0.05) is 11.6 Å². The van der Waals surface area contributed by atoms with Crippen LogP contribution in [0.4, 0.5) is 0 Å². The molecule has 2 aromatic rings. The third-order valence-corrected chi connectivity index (χ3v) is 3.37. The first-order valence-corrected chi connectivity index (χ1v) is 6.73. The molecule has 2 rings (SSSR count). The van der Waals surface area contributed by atoms with E-state index in [0.717, 1.165) is 0 Å². The van der Waals surface area contributed by atoms with Gasteiger partial charge in [-0.05, 0) is 35.0 Å². The molecule has 0 saturated carbocycles. The Morgan fingerprint density at radius 3 is 2.95 bits per heavy atom. The topological polar surface area (TPSA) is 90.1 Å². The Morgan fingerprint density at radius 2 is 2.29 bits per heavy atom. The maximum absolute atomic E-state index is 10.9. The molecule has 0 aliphatic carbocycles. The number of aromatic nitrogens is 4. The summed E-state index contributed by atoms with van der Waals surface area (Å²) in [6.45, 7) is 2.05. The zero-order valence-electron chi connectivity index (χ0n) is 11.7. The first-order valence-electron chi connectivity index (χ1n) is 6.35. The fourth-order valence-corrected chi connectivity index (χ4v) is 2.00. The van der Waals surface area contributed by atoms with Crippen LogP contribution >= 0.6 is 11.6 Å². The highest BCUT2D eigenvalue weighted by Gasteiger charge is 2.16. The lowest BCUT2D eigenvalue weighted by Gasteiger charge is -2.10. The Kier molecular flexibility index (Phi) is 4.74. The molecule has 1 aromatic carbocycles. The highest BCUT2D eigenvalue weighted by Crippen LogP contribution is 2.30. The smallest absolute Gasteiger partial charge is 0.306 e. The van der Waals surface area contributed by atoms with Gasteiger partial charge in [-0.15, -0.1) is 5.10 Å². The number of rotatable bonds is 6. The number of hydrogen-bond acceptors (Lipinski definition) is 5. The van der Waals surface area contributed by atoms with E-state index in [4.69, 9.17) is 21.4 Å². The van der Waals surface area contributed by atoms with Gasteiger partial charge in [-0.1, -0.05) is 18.5 Å². The molecule has 0 fully saturated rings. The van der Waals surface area contributed by atoms with E-state index in [1.807, 2.05) is 0 Å². The summed E-state index contributed by atoms with van der Waals surface area (Å²) in [4.78, 5) is 10.9. The number of methoxy groups -OCH3 is 1. The number of tetrazole rings is 1. The molecule has 0 spiro atoms. The molecule has 0 saturated heterocycles. The van der Waals surface area contributed by atoms with Gasteiger partial charge in [0.25, 0.3) is 0 Å². The SMILES string of the molecule is COc1cc(Cl)ccc1-c1nnnn1CCC(C)C(=O)O. The first-order chi connectivity index (χ1) is 10.0. The minimum absolute atomic E-state index is 0.404. The monoisotopic (exact) mass is 310 g/mol. The standard InChI is InChI=1S/C13H15ClN4O3/c1-8(13(19)20)5-6-18-12(15-16-17-18)10-4-3-9(14)7-11(10)21-2/h3-4,7-8H,5-6H2,1-2H3,(H,19,20). The van der Waals surface area contributed by atoms with Crippen LogP contribution in [-0.2, 0) is 11.3 Å². The summed E-state index contributed by atoms with van der Waals surface area (Å²) >= 11 is 5.93. The molecule has 0 aliphatic rings. The molecule has 1 N–H and O–H groups in total. The number of aliphatic carboxylic acids is 1. The van der Waals surface area contributed by atoms with Crippen molar-refractivity contribution in [3.05, 3.63) is 23.2 Å². The number of carbonyl (C=O) groups is 1. The highest BCUT2D eigenvalue weighted by atomic mass is 35.5. The van der Waals surface area contributed by atoms with Gasteiger partial charge in [-0.2, -0.15) is 0 Å². The largest absolute Gasteiger partial charge is 0.496 e. The van der Waals surface area contributed by atoms with Gasteiger partial charge in [0.2, 0.25) is 0 Å². The molecule has 21 heavy (non-hydrogen) atoms. The van der Waals surface area contributed by atoms with Crippen molar-refractivity contribution in [3.63, 3.8) is 0 Å². The van der Waals surface area contributed by atoms with Crippen LogP contribution in [0.15, 0.2) is 18.2 Å². The summed E-state index contributed by atoms with van der Waals surface area (Å²) in [5.74, 6) is -0.228. The molecule has 1 unspecified atom stereocenters. The number of benzene rings is 1. The molecule has 7 nitrogen and oxygen atoms in total. The average Bonchev–Trinajstić information content (AvgIpc) is 2.92. The Morgan fingerprint density at radius 1 is 1.52 bits per heavy atom. The van der Waals surface area contributed by atoms with Gasteiger partial charge < -0.3 is 9.84 Å². The molecule has 0 amide bonds. The highest BCUT2D eigenvalue weighted by molar-refractivity contribution is 6.30. The maximum atomic E-state index is 10.9. The van der Waals surface area contributed by atoms with Gasteiger partial charge in [-0.25, -0.2) is 4.68 Å². The van der Waals surface area contributed by atoms with Crippen molar-refractivity contribution >= 4 is 17.6 Å².